The lowest BCUT2D eigenvalue weighted by molar-refractivity contribution is -0.141. The summed E-state index contributed by atoms with van der Waals surface area (Å²) in [5.41, 5.74) is 1.34. The van der Waals surface area contributed by atoms with Crippen molar-refractivity contribution in [1.82, 2.24) is 4.90 Å². The Hall–Kier alpha value is -2.59. The number of carboxylic acids is 1. The maximum atomic E-state index is 12.1. The van der Waals surface area contributed by atoms with E-state index >= 15 is 0 Å². The molecule has 21 heavy (non-hydrogen) atoms. The number of anilines is 1. The zero-order valence-corrected chi connectivity index (χ0v) is 11.2. The number of likely N-dealkylation sites (tertiary alicyclic amines) is 1. The molecule has 0 aliphatic carbocycles. The average molecular weight is 289 g/mol. The first-order chi connectivity index (χ1) is 10.0. The maximum Gasteiger partial charge on any atom is 0.326 e. The molecule has 3 N–H and O–H groups in total. The summed E-state index contributed by atoms with van der Waals surface area (Å²) in [7, 11) is 0. The zero-order chi connectivity index (χ0) is 15.4. The van der Waals surface area contributed by atoms with E-state index in [1.165, 1.54) is 0 Å². The lowest BCUT2D eigenvalue weighted by Crippen LogP contribution is -2.43. The van der Waals surface area contributed by atoms with Crippen LogP contribution >= 0.6 is 0 Å². The van der Waals surface area contributed by atoms with E-state index in [-0.39, 0.29) is 19.4 Å². The Morgan fingerprint density at radius 1 is 1.38 bits per heavy atom. The molecule has 0 radical (unpaired) electrons. The molecule has 0 saturated carbocycles. The van der Waals surface area contributed by atoms with Crippen LogP contribution in [0.25, 0.3) is 0 Å². The Bertz CT molecular complexity index is 579. The predicted octanol–water partition coefficient (Wildman–Crippen LogP) is 0.804. The van der Waals surface area contributed by atoms with Crippen molar-refractivity contribution in [3.63, 3.8) is 0 Å². The number of carbonyl (C=O) groups excluding carboxylic acids is 1. The van der Waals surface area contributed by atoms with E-state index in [0.717, 1.165) is 10.5 Å². The lowest BCUT2D eigenvalue weighted by Gasteiger charge is -2.21. The van der Waals surface area contributed by atoms with Crippen molar-refractivity contribution in [3.05, 3.63) is 29.8 Å². The minimum atomic E-state index is -1.13. The lowest BCUT2D eigenvalue weighted by atomic mass is 10.1. The Morgan fingerprint density at radius 3 is 2.62 bits per heavy atom. The molecule has 1 fully saturated rings. The summed E-state index contributed by atoms with van der Waals surface area (Å²) >= 11 is 0. The highest BCUT2D eigenvalue weighted by atomic mass is 16.4. The normalized spacial score (nSPS) is 20.9. The number of carboxylic acid groups (broad SMARTS) is 1. The fraction of sp³-hybridized carbons (Fsp3) is 0.357. The summed E-state index contributed by atoms with van der Waals surface area (Å²) < 4.78 is 0. The third kappa shape index (κ3) is 3.49. The summed E-state index contributed by atoms with van der Waals surface area (Å²) in [6.45, 7) is -0.00465. The molecular formula is C14H15N3O4. The predicted molar refractivity (Wildman–Crippen MR) is 73.5 cm³/mol. The maximum absolute atomic E-state index is 12.1. The summed E-state index contributed by atoms with van der Waals surface area (Å²) in [5.74, 6) is -1.13. The Labute approximate surface area is 121 Å². The highest BCUT2D eigenvalue weighted by molar-refractivity contribution is 5.92. The van der Waals surface area contributed by atoms with Crippen molar-refractivity contribution in [2.24, 2.45) is 0 Å². The number of urea groups is 1. The number of aliphatic hydroxyl groups excluding tert-OH is 1. The summed E-state index contributed by atoms with van der Waals surface area (Å²) in [5, 5.41) is 29.7. The van der Waals surface area contributed by atoms with E-state index in [9.17, 15) is 14.7 Å². The molecule has 2 atom stereocenters. The van der Waals surface area contributed by atoms with Crippen LogP contribution in [0.5, 0.6) is 0 Å². The van der Waals surface area contributed by atoms with Crippen molar-refractivity contribution in [3.8, 4) is 6.07 Å². The van der Waals surface area contributed by atoms with Crippen LogP contribution in [0.2, 0.25) is 0 Å². The molecule has 1 heterocycles. The second kappa shape index (κ2) is 6.24. The first kappa shape index (κ1) is 14.8. The summed E-state index contributed by atoms with van der Waals surface area (Å²) in [6, 6.07) is 7.17. The number of nitrogens with one attached hydrogen (secondary N) is 1. The molecular weight excluding hydrogens is 274 g/mol. The van der Waals surface area contributed by atoms with Crippen molar-refractivity contribution < 1.29 is 19.8 Å². The van der Waals surface area contributed by atoms with Crippen molar-refractivity contribution in [2.45, 2.75) is 25.0 Å². The van der Waals surface area contributed by atoms with Gasteiger partial charge in [-0.15, -0.1) is 0 Å². The second-order valence-corrected chi connectivity index (χ2v) is 4.86. The minimum Gasteiger partial charge on any atom is -0.480 e. The van der Waals surface area contributed by atoms with Gasteiger partial charge in [0.2, 0.25) is 0 Å². The fourth-order valence-electron chi connectivity index (χ4n) is 2.26. The van der Waals surface area contributed by atoms with Gasteiger partial charge in [0.1, 0.15) is 6.04 Å². The van der Waals surface area contributed by atoms with Crippen LogP contribution in [0.15, 0.2) is 24.3 Å². The molecule has 1 unspecified atom stereocenters. The number of aliphatic hydroxyl groups is 1. The van der Waals surface area contributed by atoms with Gasteiger partial charge in [0.25, 0.3) is 0 Å². The average Bonchev–Trinajstić information content (AvgIpc) is 2.84. The van der Waals surface area contributed by atoms with Crippen molar-refractivity contribution in [1.29, 1.82) is 5.26 Å². The van der Waals surface area contributed by atoms with Gasteiger partial charge in [0.05, 0.1) is 18.6 Å². The van der Waals surface area contributed by atoms with E-state index in [1.807, 2.05) is 6.07 Å². The number of amides is 2. The highest BCUT2D eigenvalue weighted by Crippen LogP contribution is 2.20. The number of carbonyl (C=O) groups is 2. The monoisotopic (exact) mass is 289 g/mol. The quantitative estimate of drug-likeness (QED) is 0.761. The molecule has 2 rings (SSSR count). The number of nitrogens with zero attached hydrogens (tertiary/aromatic N) is 2. The van der Waals surface area contributed by atoms with E-state index in [2.05, 4.69) is 5.32 Å². The van der Waals surface area contributed by atoms with Gasteiger partial charge >= 0.3 is 12.0 Å². The van der Waals surface area contributed by atoms with Gasteiger partial charge in [-0.1, -0.05) is 12.1 Å². The van der Waals surface area contributed by atoms with E-state index in [0.29, 0.717) is 5.69 Å². The number of hydrogen-bond acceptors (Lipinski definition) is 4. The molecule has 1 aliphatic rings. The van der Waals surface area contributed by atoms with Crippen LogP contribution in [-0.2, 0) is 11.2 Å². The molecule has 0 bridgehead atoms. The first-order valence-electron chi connectivity index (χ1n) is 6.45. The Balaban J connectivity index is 2.03. The van der Waals surface area contributed by atoms with Gasteiger partial charge in [-0.05, 0) is 17.7 Å². The molecule has 7 heteroatoms. The molecule has 2 amide bonds. The van der Waals surface area contributed by atoms with E-state index in [4.69, 9.17) is 10.4 Å². The number of aliphatic carboxylic acids is 1. The fourth-order valence-corrected chi connectivity index (χ4v) is 2.26. The number of β-amino-alcohol motifs (C(OH)–C–C–N with tert-alkyl or cyclic N) is 1. The minimum absolute atomic E-state index is 0.00465. The second-order valence-electron chi connectivity index (χ2n) is 4.86. The molecule has 7 nitrogen and oxygen atoms in total. The molecule has 1 saturated heterocycles. The highest BCUT2D eigenvalue weighted by Gasteiger charge is 2.38. The Morgan fingerprint density at radius 2 is 2.05 bits per heavy atom. The topological polar surface area (TPSA) is 114 Å². The van der Waals surface area contributed by atoms with Gasteiger partial charge in [0.15, 0.2) is 0 Å². The van der Waals surface area contributed by atoms with Gasteiger partial charge in [0, 0.05) is 18.7 Å². The molecule has 1 aromatic rings. The smallest absolute Gasteiger partial charge is 0.326 e. The van der Waals surface area contributed by atoms with E-state index in [1.54, 1.807) is 24.3 Å². The molecule has 0 spiro atoms. The third-order valence-electron chi connectivity index (χ3n) is 3.31. The van der Waals surface area contributed by atoms with Crippen LogP contribution < -0.4 is 5.32 Å². The first-order valence-corrected chi connectivity index (χ1v) is 6.45. The zero-order valence-electron chi connectivity index (χ0n) is 11.2. The van der Waals surface area contributed by atoms with Crippen LogP contribution in [0.1, 0.15) is 12.0 Å². The molecule has 0 aromatic heterocycles. The third-order valence-corrected chi connectivity index (χ3v) is 3.31. The van der Waals surface area contributed by atoms with Crippen LogP contribution in [-0.4, -0.2) is 45.8 Å². The molecule has 1 aromatic carbocycles. The number of hydrogen-bond donors (Lipinski definition) is 3. The van der Waals surface area contributed by atoms with Gasteiger partial charge in [-0.2, -0.15) is 5.26 Å². The largest absolute Gasteiger partial charge is 0.480 e. The van der Waals surface area contributed by atoms with Crippen LogP contribution in [0, 0.1) is 11.3 Å². The van der Waals surface area contributed by atoms with E-state index < -0.39 is 24.1 Å². The molecule has 110 valence electrons. The standard InChI is InChI=1S/C14H15N3O4/c15-6-5-9-1-3-10(4-2-9)16-14(21)17-8-11(18)7-12(17)13(19)20/h1-4,11-12,18H,5,7-8H2,(H,16,21)(H,19,20)/t11?,12-/m0/s1. The van der Waals surface area contributed by atoms with Crippen LogP contribution in [0.3, 0.4) is 0 Å². The summed E-state index contributed by atoms with van der Waals surface area (Å²) in [6.07, 6.45) is -0.507. The molecule has 1 aliphatic heterocycles. The van der Waals surface area contributed by atoms with Gasteiger partial charge < -0.3 is 20.4 Å². The van der Waals surface area contributed by atoms with Crippen LogP contribution in [0.4, 0.5) is 10.5 Å². The van der Waals surface area contributed by atoms with Gasteiger partial charge in [-0.25, -0.2) is 9.59 Å². The van der Waals surface area contributed by atoms with Gasteiger partial charge in [-0.3, -0.25) is 0 Å². The number of benzene rings is 1. The number of rotatable bonds is 3. The number of nitriles is 1. The van der Waals surface area contributed by atoms with Crippen molar-refractivity contribution in [2.75, 3.05) is 11.9 Å². The SMILES string of the molecule is N#CCc1ccc(NC(=O)N2CC(O)C[C@H]2C(=O)O)cc1. The summed E-state index contributed by atoms with van der Waals surface area (Å²) in [4.78, 5) is 24.2. The van der Waals surface area contributed by atoms with Crippen molar-refractivity contribution >= 4 is 17.7 Å². The Kier molecular flexibility index (Phi) is 4.40.